The summed E-state index contributed by atoms with van der Waals surface area (Å²) in [6.45, 7) is 4.60. The average Bonchev–Trinajstić information content (AvgIpc) is 2.53. The fourth-order valence-corrected chi connectivity index (χ4v) is 2.46. The van der Waals surface area contributed by atoms with Crippen LogP contribution in [0, 0.1) is 17.1 Å². The van der Waals surface area contributed by atoms with Gasteiger partial charge in [0.2, 0.25) is 0 Å². The minimum absolute atomic E-state index is 0.0915. The standard InChI is InChI=1S/C18H19FN2/c1-3-13-7-5-8-14(4-2)18(13)21-12-16-10-6-9-15(11-20)17(16)19/h5-10,21H,3-4,12H2,1-2H3. The zero-order chi connectivity index (χ0) is 15.2. The van der Waals surface area contributed by atoms with E-state index in [4.69, 9.17) is 5.26 Å². The molecule has 0 aliphatic carbocycles. The first-order chi connectivity index (χ1) is 10.2. The van der Waals surface area contributed by atoms with E-state index in [1.807, 2.05) is 6.07 Å². The van der Waals surface area contributed by atoms with Crippen molar-refractivity contribution in [2.75, 3.05) is 5.32 Å². The van der Waals surface area contributed by atoms with Gasteiger partial charge in [-0.2, -0.15) is 5.26 Å². The van der Waals surface area contributed by atoms with Crippen molar-refractivity contribution in [2.24, 2.45) is 0 Å². The number of rotatable bonds is 5. The maximum atomic E-state index is 14.1. The highest BCUT2D eigenvalue weighted by molar-refractivity contribution is 5.58. The van der Waals surface area contributed by atoms with Crippen molar-refractivity contribution in [3.8, 4) is 6.07 Å². The van der Waals surface area contributed by atoms with Gasteiger partial charge in [0.05, 0.1) is 5.56 Å². The minimum atomic E-state index is -0.431. The molecule has 3 heteroatoms. The molecule has 0 aromatic heterocycles. The molecule has 2 aromatic carbocycles. The van der Waals surface area contributed by atoms with Gasteiger partial charge < -0.3 is 5.32 Å². The Hall–Kier alpha value is -2.34. The van der Waals surface area contributed by atoms with Gasteiger partial charge >= 0.3 is 0 Å². The molecule has 0 amide bonds. The van der Waals surface area contributed by atoms with Crippen molar-refractivity contribution in [1.29, 1.82) is 5.26 Å². The highest BCUT2D eigenvalue weighted by Crippen LogP contribution is 2.24. The lowest BCUT2D eigenvalue weighted by molar-refractivity contribution is 0.609. The largest absolute Gasteiger partial charge is 0.380 e. The molecule has 0 unspecified atom stereocenters. The SMILES string of the molecule is CCc1cccc(CC)c1NCc1cccc(C#N)c1F. The van der Waals surface area contributed by atoms with Crippen LogP contribution in [-0.4, -0.2) is 0 Å². The number of nitrogens with one attached hydrogen (secondary N) is 1. The van der Waals surface area contributed by atoms with E-state index < -0.39 is 5.82 Å². The van der Waals surface area contributed by atoms with E-state index in [1.165, 1.54) is 17.2 Å². The number of benzene rings is 2. The zero-order valence-electron chi connectivity index (χ0n) is 12.4. The van der Waals surface area contributed by atoms with Crippen LogP contribution in [0.3, 0.4) is 0 Å². The quantitative estimate of drug-likeness (QED) is 0.880. The van der Waals surface area contributed by atoms with Crippen LogP contribution in [0.2, 0.25) is 0 Å². The topological polar surface area (TPSA) is 35.8 Å². The van der Waals surface area contributed by atoms with Gasteiger partial charge in [-0.05, 0) is 30.0 Å². The second-order valence-electron chi connectivity index (χ2n) is 4.90. The molecule has 0 saturated heterocycles. The molecule has 2 aromatic rings. The molecule has 2 rings (SSSR count). The summed E-state index contributed by atoms with van der Waals surface area (Å²) in [4.78, 5) is 0. The minimum Gasteiger partial charge on any atom is -0.380 e. The van der Waals surface area contributed by atoms with E-state index in [9.17, 15) is 4.39 Å². The summed E-state index contributed by atoms with van der Waals surface area (Å²) in [6.07, 6.45) is 1.85. The number of anilines is 1. The third-order valence-electron chi connectivity index (χ3n) is 3.65. The molecular formula is C18H19FN2. The molecule has 2 nitrogen and oxygen atoms in total. The van der Waals surface area contributed by atoms with Crippen molar-refractivity contribution in [2.45, 2.75) is 33.2 Å². The third kappa shape index (κ3) is 3.22. The van der Waals surface area contributed by atoms with Gasteiger partial charge in [0.15, 0.2) is 0 Å². The summed E-state index contributed by atoms with van der Waals surface area (Å²) in [5.74, 6) is -0.431. The molecular weight excluding hydrogens is 263 g/mol. The third-order valence-corrected chi connectivity index (χ3v) is 3.65. The lowest BCUT2D eigenvalue weighted by Gasteiger charge is -2.16. The van der Waals surface area contributed by atoms with E-state index in [1.54, 1.807) is 12.1 Å². The molecule has 0 spiro atoms. The predicted octanol–water partition coefficient (Wildman–Crippen LogP) is 4.43. The highest BCUT2D eigenvalue weighted by Gasteiger charge is 2.10. The Bertz CT molecular complexity index is 649. The van der Waals surface area contributed by atoms with Crippen molar-refractivity contribution in [3.63, 3.8) is 0 Å². The molecule has 0 fully saturated rings. The maximum absolute atomic E-state index is 14.1. The van der Waals surface area contributed by atoms with E-state index in [2.05, 4.69) is 37.4 Å². The summed E-state index contributed by atoms with van der Waals surface area (Å²) in [6, 6.07) is 13.0. The van der Waals surface area contributed by atoms with Gasteiger partial charge in [-0.25, -0.2) is 4.39 Å². The summed E-state index contributed by atoms with van der Waals surface area (Å²) in [5.41, 5.74) is 4.15. The summed E-state index contributed by atoms with van der Waals surface area (Å²) >= 11 is 0. The van der Waals surface area contributed by atoms with Crippen LogP contribution in [0.4, 0.5) is 10.1 Å². The Balaban J connectivity index is 2.27. The molecule has 0 saturated carbocycles. The van der Waals surface area contributed by atoms with Crippen LogP contribution in [0.1, 0.15) is 36.1 Å². The molecule has 0 radical (unpaired) electrons. The number of aryl methyl sites for hydroxylation is 2. The maximum Gasteiger partial charge on any atom is 0.145 e. The van der Waals surface area contributed by atoms with Crippen molar-refractivity contribution in [1.82, 2.24) is 0 Å². The number of hydrogen-bond acceptors (Lipinski definition) is 2. The fourth-order valence-electron chi connectivity index (χ4n) is 2.46. The Morgan fingerprint density at radius 3 is 2.14 bits per heavy atom. The normalized spacial score (nSPS) is 10.2. The van der Waals surface area contributed by atoms with Gasteiger partial charge in [0.25, 0.3) is 0 Å². The van der Waals surface area contributed by atoms with Crippen LogP contribution < -0.4 is 5.32 Å². The van der Waals surface area contributed by atoms with E-state index in [-0.39, 0.29) is 5.56 Å². The number of para-hydroxylation sites is 1. The lowest BCUT2D eigenvalue weighted by Crippen LogP contribution is -2.07. The molecule has 0 aliphatic rings. The van der Waals surface area contributed by atoms with Crippen LogP contribution in [0.5, 0.6) is 0 Å². The van der Waals surface area contributed by atoms with Crippen molar-refractivity contribution >= 4 is 5.69 Å². The average molecular weight is 282 g/mol. The number of nitrogens with zero attached hydrogens (tertiary/aromatic N) is 1. The molecule has 1 N–H and O–H groups in total. The number of halogens is 1. The number of hydrogen-bond donors (Lipinski definition) is 1. The van der Waals surface area contributed by atoms with Crippen LogP contribution >= 0.6 is 0 Å². The van der Waals surface area contributed by atoms with Crippen molar-refractivity contribution in [3.05, 3.63) is 64.5 Å². The molecule has 0 aliphatic heterocycles. The second kappa shape index (κ2) is 6.90. The smallest absolute Gasteiger partial charge is 0.145 e. The second-order valence-corrected chi connectivity index (χ2v) is 4.90. The monoisotopic (exact) mass is 282 g/mol. The van der Waals surface area contributed by atoms with Crippen LogP contribution in [0.25, 0.3) is 0 Å². The lowest BCUT2D eigenvalue weighted by atomic mass is 10.0. The molecule has 21 heavy (non-hydrogen) atoms. The van der Waals surface area contributed by atoms with Crippen molar-refractivity contribution < 1.29 is 4.39 Å². The Labute approximate surface area is 125 Å². The van der Waals surface area contributed by atoms with E-state index >= 15 is 0 Å². The fraction of sp³-hybridized carbons (Fsp3) is 0.278. The van der Waals surface area contributed by atoms with Gasteiger partial charge in [-0.3, -0.25) is 0 Å². The van der Waals surface area contributed by atoms with E-state index in [0.717, 1.165) is 18.5 Å². The zero-order valence-corrected chi connectivity index (χ0v) is 12.4. The van der Waals surface area contributed by atoms with Crippen LogP contribution in [0.15, 0.2) is 36.4 Å². The Morgan fingerprint density at radius 1 is 1.00 bits per heavy atom. The van der Waals surface area contributed by atoms with Gasteiger partial charge in [-0.15, -0.1) is 0 Å². The first-order valence-corrected chi connectivity index (χ1v) is 7.23. The Kier molecular flexibility index (Phi) is 4.94. The first kappa shape index (κ1) is 15.1. The highest BCUT2D eigenvalue weighted by atomic mass is 19.1. The van der Waals surface area contributed by atoms with Gasteiger partial charge in [0, 0.05) is 17.8 Å². The molecule has 0 atom stereocenters. The Morgan fingerprint density at radius 2 is 1.57 bits per heavy atom. The first-order valence-electron chi connectivity index (χ1n) is 7.23. The summed E-state index contributed by atoms with van der Waals surface area (Å²) in [7, 11) is 0. The molecule has 0 bridgehead atoms. The predicted molar refractivity (Wildman–Crippen MR) is 83.6 cm³/mol. The van der Waals surface area contributed by atoms with E-state index in [0.29, 0.717) is 12.1 Å². The molecule has 0 heterocycles. The number of nitriles is 1. The van der Waals surface area contributed by atoms with Gasteiger partial charge in [-0.1, -0.05) is 44.2 Å². The molecule has 108 valence electrons. The van der Waals surface area contributed by atoms with Gasteiger partial charge in [0.1, 0.15) is 11.9 Å². The van der Waals surface area contributed by atoms with Crippen LogP contribution in [-0.2, 0) is 19.4 Å². The summed E-state index contributed by atoms with van der Waals surface area (Å²) in [5, 5.41) is 12.2. The summed E-state index contributed by atoms with van der Waals surface area (Å²) < 4.78 is 14.1.